The van der Waals surface area contributed by atoms with Crippen molar-refractivity contribution >= 4 is 11.6 Å². The molecule has 0 spiro atoms. The van der Waals surface area contributed by atoms with Gasteiger partial charge in [0, 0.05) is 32.2 Å². The highest BCUT2D eigenvalue weighted by atomic mass is 15.2. The molecule has 1 aliphatic heterocycles. The maximum Gasteiger partial charge on any atom is 0.134 e. The lowest BCUT2D eigenvalue weighted by atomic mass is 10.3. The van der Waals surface area contributed by atoms with E-state index in [1.165, 1.54) is 6.42 Å². The first kappa shape index (κ1) is 10.2. The van der Waals surface area contributed by atoms with Gasteiger partial charge in [-0.15, -0.1) is 0 Å². The van der Waals surface area contributed by atoms with E-state index >= 15 is 0 Å². The Kier molecular flexibility index (Phi) is 3.01. The fourth-order valence-electron chi connectivity index (χ4n) is 1.86. The van der Waals surface area contributed by atoms with Crippen LogP contribution in [0.5, 0.6) is 0 Å². The van der Waals surface area contributed by atoms with Gasteiger partial charge in [0.25, 0.3) is 0 Å². The molecule has 0 aromatic carbocycles. The van der Waals surface area contributed by atoms with Crippen molar-refractivity contribution in [3.8, 4) is 0 Å². The molecule has 0 bridgehead atoms. The van der Waals surface area contributed by atoms with Crippen LogP contribution in [0.1, 0.15) is 6.42 Å². The van der Waals surface area contributed by atoms with E-state index in [2.05, 4.69) is 25.5 Å². The molecule has 2 N–H and O–H groups in total. The van der Waals surface area contributed by atoms with E-state index in [1.807, 2.05) is 20.2 Å². The molecule has 1 saturated heterocycles. The summed E-state index contributed by atoms with van der Waals surface area (Å²) in [6, 6.07) is 2.57. The summed E-state index contributed by atoms with van der Waals surface area (Å²) in [6.45, 7) is 2.09. The van der Waals surface area contributed by atoms with Gasteiger partial charge in [0.05, 0.1) is 0 Å². The third-order valence-electron chi connectivity index (χ3n) is 2.83. The predicted octanol–water partition coefficient (Wildman–Crippen LogP) is 0.316. The van der Waals surface area contributed by atoms with Crippen molar-refractivity contribution in [2.75, 3.05) is 37.4 Å². The summed E-state index contributed by atoms with van der Waals surface area (Å²) >= 11 is 0. The van der Waals surface area contributed by atoms with Gasteiger partial charge in [-0.1, -0.05) is 0 Å². The van der Waals surface area contributed by atoms with Crippen molar-refractivity contribution in [2.24, 2.45) is 0 Å². The fraction of sp³-hybridized carbons (Fsp3) is 0.600. The summed E-state index contributed by atoms with van der Waals surface area (Å²) in [7, 11) is 3.87. The highest BCUT2D eigenvalue weighted by Gasteiger charge is 2.21. The second kappa shape index (κ2) is 4.44. The van der Waals surface area contributed by atoms with E-state index < -0.39 is 0 Å². The molecule has 5 nitrogen and oxygen atoms in total. The quantitative estimate of drug-likeness (QED) is 0.747. The molecule has 2 heterocycles. The predicted molar refractivity (Wildman–Crippen MR) is 61.3 cm³/mol. The second-order valence-electron chi connectivity index (χ2n) is 3.73. The molecule has 1 aromatic rings. The molecule has 1 fully saturated rings. The zero-order valence-corrected chi connectivity index (χ0v) is 9.20. The normalized spacial score (nSPS) is 20.7. The standard InChI is InChI=1S/C10H17N5/c1-11-8-3-4-15(6-8)10-5-9(12-2)13-7-14-10/h5,7-8,11H,3-4,6H2,1-2H3,(H,12,13,14). The van der Waals surface area contributed by atoms with E-state index in [9.17, 15) is 0 Å². The monoisotopic (exact) mass is 207 g/mol. The summed E-state index contributed by atoms with van der Waals surface area (Å²) < 4.78 is 0. The van der Waals surface area contributed by atoms with Crippen LogP contribution in [0.25, 0.3) is 0 Å². The first-order valence-electron chi connectivity index (χ1n) is 5.25. The Balaban J connectivity index is 2.09. The van der Waals surface area contributed by atoms with Crippen LogP contribution >= 0.6 is 0 Å². The number of nitrogens with one attached hydrogen (secondary N) is 2. The molecule has 0 saturated carbocycles. The van der Waals surface area contributed by atoms with E-state index in [0.717, 1.165) is 24.7 Å². The average Bonchev–Trinajstić information content (AvgIpc) is 2.78. The molecule has 15 heavy (non-hydrogen) atoms. The molecule has 1 aromatic heterocycles. The summed E-state index contributed by atoms with van der Waals surface area (Å²) in [4.78, 5) is 10.7. The van der Waals surface area contributed by atoms with Crippen LogP contribution in [0.4, 0.5) is 11.6 Å². The van der Waals surface area contributed by atoms with Gasteiger partial charge < -0.3 is 15.5 Å². The Morgan fingerprint density at radius 3 is 2.93 bits per heavy atom. The van der Waals surface area contributed by atoms with Crippen LogP contribution in [0.15, 0.2) is 12.4 Å². The zero-order valence-electron chi connectivity index (χ0n) is 9.20. The third-order valence-corrected chi connectivity index (χ3v) is 2.83. The Morgan fingerprint density at radius 2 is 2.27 bits per heavy atom. The third kappa shape index (κ3) is 2.18. The molecular weight excluding hydrogens is 190 g/mol. The number of anilines is 2. The van der Waals surface area contributed by atoms with Gasteiger partial charge in [-0.2, -0.15) is 0 Å². The van der Waals surface area contributed by atoms with Crippen molar-refractivity contribution in [1.82, 2.24) is 15.3 Å². The van der Waals surface area contributed by atoms with Crippen molar-refractivity contribution in [2.45, 2.75) is 12.5 Å². The van der Waals surface area contributed by atoms with Gasteiger partial charge in [-0.05, 0) is 13.5 Å². The maximum absolute atomic E-state index is 4.29. The van der Waals surface area contributed by atoms with Crippen LogP contribution in [0, 0.1) is 0 Å². The molecule has 0 radical (unpaired) electrons. The van der Waals surface area contributed by atoms with Crippen LogP contribution in [0.3, 0.4) is 0 Å². The van der Waals surface area contributed by atoms with E-state index in [1.54, 1.807) is 6.33 Å². The topological polar surface area (TPSA) is 53.1 Å². The van der Waals surface area contributed by atoms with Gasteiger partial charge in [0.2, 0.25) is 0 Å². The number of nitrogens with zero attached hydrogens (tertiary/aromatic N) is 3. The van der Waals surface area contributed by atoms with Crippen LogP contribution in [-0.4, -0.2) is 43.2 Å². The summed E-state index contributed by atoms with van der Waals surface area (Å²) in [6.07, 6.45) is 2.78. The van der Waals surface area contributed by atoms with E-state index in [0.29, 0.717) is 6.04 Å². The van der Waals surface area contributed by atoms with Gasteiger partial charge in [0.15, 0.2) is 0 Å². The number of hydrogen-bond acceptors (Lipinski definition) is 5. The Morgan fingerprint density at radius 1 is 1.40 bits per heavy atom. The molecule has 1 atom stereocenters. The maximum atomic E-state index is 4.29. The highest BCUT2D eigenvalue weighted by molar-refractivity contribution is 5.48. The first-order chi connectivity index (χ1) is 7.33. The molecule has 0 aliphatic carbocycles. The Bertz CT molecular complexity index is 327. The molecule has 1 unspecified atom stereocenters. The van der Waals surface area contributed by atoms with Crippen molar-refractivity contribution < 1.29 is 0 Å². The molecule has 5 heteroatoms. The number of likely N-dealkylation sites (N-methyl/N-ethyl adjacent to an activating group) is 1. The summed E-state index contributed by atoms with van der Waals surface area (Å²) in [5.74, 6) is 1.88. The minimum Gasteiger partial charge on any atom is -0.373 e. The smallest absolute Gasteiger partial charge is 0.134 e. The lowest BCUT2D eigenvalue weighted by molar-refractivity contribution is 0.616. The van der Waals surface area contributed by atoms with Gasteiger partial charge in [-0.25, -0.2) is 9.97 Å². The lowest BCUT2D eigenvalue weighted by Crippen LogP contribution is -2.29. The average molecular weight is 207 g/mol. The largest absolute Gasteiger partial charge is 0.373 e. The van der Waals surface area contributed by atoms with Crippen LogP contribution in [0.2, 0.25) is 0 Å². The highest BCUT2D eigenvalue weighted by Crippen LogP contribution is 2.19. The minimum atomic E-state index is 0.581. The minimum absolute atomic E-state index is 0.581. The second-order valence-corrected chi connectivity index (χ2v) is 3.73. The molecule has 2 rings (SSSR count). The van der Waals surface area contributed by atoms with Crippen molar-refractivity contribution in [3.05, 3.63) is 12.4 Å². The Hall–Kier alpha value is -1.36. The summed E-state index contributed by atoms with van der Waals surface area (Å²) in [5.41, 5.74) is 0. The fourth-order valence-corrected chi connectivity index (χ4v) is 1.86. The van der Waals surface area contributed by atoms with Gasteiger partial charge in [0.1, 0.15) is 18.0 Å². The lowest BCUT2D eigenvalue weighted by Gasteiger charge is -2.17. The summed E-state index contributed by atoms with van der Waals surface area (Å²) in [5, 5.41) is 6.31. The zero-order chi connectivity index (χ0) is 10.7. The molecule has 82 valence electrons. The molecule has 0 amide bonds. The molecule has 1 aliphatic rings. The van der Waals surface area contributed by atoms with E-state index in [4.69, 9.17) is 0 Å². The number of rotatable bonds is 3. The molecular formula is C10H17N5. The van der Waals surface area contributed by atoms with Gasteiger partial charge >= 0.3 is 0 Å². The van der Waals surface area contributed by atoms with Gasteiger partial charge in [-0.3, -0.25) is 0 Å². The van der Waals surface area contributed by atoms with E-state index in [-0.39, 0.29) is 0 Å². The number of hydrogen-bond donors (Lipinski definition) is 2. The van der Waals surface area contributed by atoms with Crippen molar-refractivity contribution in [3.63, 3.8) is 0 Å². The Labute approximate surface area is 89.9 Å². The van der Waals surface area contributed by atoms with Crippen LogP contribution in [-0.2, 0) is 0 Å². The number of aromatic nitrogens is 2. The first-order valence-corrected chi connectivity index (χ1v) is 5.25. The SMILES string of the molecule is CNc1cc(N2CCC(NC)C2)ncn1. The van der Waals surface area contributed by atoms with Crippen LogP contribution < -0.4 is 15.5 Å². The van der Waals surface area contributed by atoms with Crippen molar-refractivity contribution in [1.29, 1.82) is 0 Å².